The van der Waals surface area contributed by atoms with Gasteiger partial charge in [-0.1, -0.05) is 74.2 Å². The average Bonchev–Trinajstić information content (AvgIpc) is 3.01. The molecule has 0 bridgehead atoms. The summed E-state index contributed by atoms with van der Waals surface area (Å²) in [5.74, 6) is 0. The molecule has 0 spiro atoms. The van der Waals surface area contributed by atoms with Gasteiger partial charge in [0, 0.05) is 6.54 Å². The molecule has 0 atom stereocenters. The van der Waals surface area contributed by atoms with Crippen molar-refractivity contribution in [3.8, 4) is 0 Å². The Morgan fingerprint density at radius 1 is 0.818 bits per heavy atom. The van der Waals surface area contributed by atoms with Gasteiger partial charge in [-0.25, -0.2) is 0 Å². The van der Waals surface area contributed by atoms with Crippen LogP contribution in [0.15, 0.2) is 39.9 Å². The van der Waals surface area contributed by atoms with Crippen LogP contribution in [0.5, 0.6) is 0 Å². The summed E-state index contributed by atoms with van der Waals surface area (Å²) >= 11 is 12.4. The van der Waals surface area contributed by atoms with E-state index >= 15 is 0 Å². The minimum absolute atomic E-state index is 0.169. The van der Waals surface area contributed by atoms with Crippen LogP contribution in [0.1, 0.15) is 5.56 Å². The lowest BCUT2D eigenvalue weighted by molar-refractivity contribution is 0.976. The van der Waals surface area contributed by atoms with Gasteiger partial charge in [0.05, 0.1) is 0 Å². The quantitative estimate of drug-likeness (QED) is 0.550. The standard InChI is InChI=1S/C13H7Cl2NO2S4/c14-10-8(12(17)21-19-10)16(6-7-4-2-1-3-5-7)9-11(15)20-22-13(9)18/h1-5H,6H2. The minimum atomic E-state index is -0.169. The molecule has 0 N–H and O–H groups in total. The number of halogens is 2. The van der Waals surface area contributed by atoms with E-state index in [9.17, 15) is 9.59 Å². The van der Waals surface area contributed by atoms with E-state index in [2.05, 4.69) is 0 Å². The molecule has 0 saturated carbocycles. The summed E-state index contributed by atoms with van der Waals surface area (Å²) in [5.41, 5.74) is 1.61. The van der Waals surface area contributed by atoms with E-state index in [1.807, 2.05) is 30.3 Å². The molecule has 0 amide bonds. The highest BCUT2D eigenvalue weighted by Crippen LogP contribution is 2.39. The summed E-state index contributed by atoms with van der Waals surface area (Å²) < 4.78 is 0.408. The predicted octanol–water partition coefficient (Wildman–Crippen LogP) is 5.30. The highest BCUT2D eigenvalue weighted by Gasteiger charge is 2.25. The molecular weight excluding hydrogens is 401 g/mol. The zero-order valence-electron chi connectivity index (χ0n) is 10.7. The van der Waals surface area contributed by atoms with Crippen molar-refractivity contribution < 1.29 is 0 Å². The largest absolute Gasteiger partial charge is 0.325 e. The molecule has 114 valence electrons. The van der Waals surface area contributed by atoms with Crippen molar-refractivity contribution in [2.24, 2.45) is 0 Å². The van der Waals surface area contributed by atoms with Gasteiger partial charge in [-0.15, -0.1) is 0 Å². The summed E-state index contributed by atoms with van der Waals surface area (Å²) in [7, 11) is 4.49. The number of hydrogen-bond acceptors (Lipinski definition) is 7. The molecule has 22 heavy (non-hydrogen) atoms. The van der Waals surface area contributed by atoms with Gasteiger partial charge in [0.15, 0.2) is 0 Å². The van der Waals surface area contributed by atoms with Crippen LogP contribution in [0.3, 0.4) is 0 Å². The van der Waals surface area contributed by atoms with E-state index in [1.165, 1.54) is 20.7 Å². The normalized spacial score (nSPS) is 10.8. The maximum absolute atomic E-state index is 12.2. The van der Waals surface area contributed by atoms with E-state index in [-0.39, 0.29) is 9.48 Å². The van der Waals surface area contributed by atoms with Gasteiger partial charge < -0.3 is 4.90 Å². The molecule has 2 heterocycles. The van der Waals surface area contributed by atoms with Gasteiger partial charge in [-0.05, 0) is 26.2 Å². The van der Waals surface area contributed by atoms with Gasteiger partial charge in [-0.3, -0.25) is 9.59 Å². The van der Waals surface area contributed by atoms with Crippen LogP contribution in [0.2, 0.25) is 8.67 Å². The van der Waals surface area contributed by atoms with Crippen molar-refractivity contribution in [3.63, 3.8) is 0 Å². The molecule has 2 aromatic heterocycles. The molecule has 3 rings (SSSR count). The summed E-state index contributed by atoms with van der Waals surface area (Å²) in [6.45, 7) is 0.359. The number of rotatable bonds is 4. The Morgan fingerprint density at radius 3 is 1.73 bits per heavy atom. The second kappa shape index (κ2) is 6.82. The van der Waals surface area contributed by atoms with Crippen LogP contribution in [0, 0.1) is 0 Å². The lowest BCUT2D eigenvalue weighted by Gasteiger charge is -2.21. The van der Waals surface area contributed by atoms with E-state index in [1.54, 1.807) is 4.90 Å². The molecule has 0 aliphatic rings. The second-order valence-corrected chi connectivity index (χ2v) is 9.65. The first-order chi connectivity index (χ1) is 10.6. The first kappa shape index (κ1) is 16.2. The van der Waals surface area contributed by atoms with Crippen LogP contribution < -0.4 is 14.4 Å². The highest BCUT2D eigenvalue weighted by molar-refractivity contribution is 7.70. The minimum Gasteiger partial charge on any atom is -0.325 e. The van der Waals surface area contributed by atoms with Gasteiger partial charge >= 0.3 is 0 Å². The summed E-state index contributed by atoms with van der Waals surface area (Å²) in [6, 6.07) is 9.56. The fraction of sp³-hybridized carbons (Fsp3) is 0.0769. The monoisotopic (exact) mass is 407 g/mol. The predicted molar refractivity (Wildman–Crippen MR) is 99.2 cm³/mol. The van der Waals surface area contributed by atoms with Gasteiger partial charge in [0.25, 0.3) is 9.48 Å². The maximum atomic E-state index is 12.2. The van der Waals surface area contributed by atoms with Crippen LogP contribution in [-0.2, 0) is 6.54 Å². The smallest absolute Gasteiger partial charge is 0.268 e. The van der Waals surface area contributed by atoms with Crippen LogP contribution in [0.4, 0.5) is 11.4 Å². The van der Waals surface area contributed by atoms with E-state index in [4.69, 9.17) is 23.2 Å². The van der Waals surface area contributed by atoms with Crippen molar-refractivity contribution in [2.45, 2.75) is 6.54 Å². The maximum Gasteiger partial charge on any atom is 0.268 e. The number of nitrogens with zero attached hydrogens (tertiary/aromatic N) is 1. The Labute approximate surface area is 150 Å². The highest BCUT2D eigenvalue weighted by atomic mass is 35.5. The van der Waals surface area contributed by atoms with Gasteiger partial charge in [0.2, 0.25) is 0 Å². The van der Waals surface area contributed by atoms with E-state index < -0.39 is 0 Å². The van der Waals surface area contributed by atoms with E-state index in [0.29, 0.717) is 26.6 Å². The second-order valence-electron chi connectivity index (χ2n) is 4.22. The summed E-state index contributed by atoms with van der Waals surface area (Å²) in [5, 5.41) is 0. The van der Waals surface area contributed by atoms with Crippen LogP contribution in [-0.4, -0.2) is 0 Å². The molecule has 0 aliphatic carbocycles. The van der Waals surface area contributed by atoms with Gasteiger partial charge in [-0.2, -0.15) is 0 Å². The number of hydrogen-bond donors (Lipinski definition) is 0. The Bertz CT molecular complexity index is 842. The van der Waals surface area contributed by atoms with Gasteiger partial charge in [0.1, 0.15) is 20.0 Å². The molecule has 0 radical (unpaired) electrons. The Morgan fingerprint density at radius 2 is 1.32 bits per heavy atom. The van der Waals surface area contributed by atoms with Crippen molar-refractivity contribution in [3.05, 3.63) is 63.6 Å². The first-order valence-corrected chi connectivity index (χ1v) is 11.0. The third-order valence-electron chi connectivity index (χ3n) is 2.86. The number of anilines is 2. The Balaban J connectivity index is 2.15. The molecular formula is C13H7Cl2NO2S4. The molecule has 0 saturated heterocycles. The first-order valence-electron chi connectivity index (χ1n) is 5.96. The topological polar surface area (TPSA) is 37.4 Å². The molecule has 3 nitrogen and oxygen atoms in total. The summed E-state index contributed by atoms with van der Waals surface area (Å²) in [6.07, 6.45) is 0. The lowest BCUT2D eigenvalue weighted by Crippen LogP contribution is -2.24. The molecule has 0 fully saturated rings. The number of benzene rings is 1. The van der Waals surface area contributed by atoms with Crippen molar-refractivity contribution >= 4 is 75.9 Å². The lowest BCUT2D eigenvalue weighted by atomic mass is 10.2. The fourth-order valence-electron chi connectivity index (χ4n) is 1.94. The average molecular weight is 408 g/mol. The zero-order chi connectivity index (χ0) is 15.7. The molecule has 1 aromatic carbocycles. The Kier molecular flexibility index (Phi) is 5.01. The third-order valence-corrected chi connectivity index (χ3v) is 8.18. The van der Waals surface area contributed by atoms with E-state index in [0.717, 1.165) is 26.2 Å². The molecule has 0 unspecified atom stereocenters. The Hall–Kier alpha value is -0.700. The zero-order valence-corrected chi connectivity index (χ0v) is 15.5. The molecule has 9 heteroatoms. The third kappa shape index (κ3) is 3.15. The fourth-order valence-corrected chi connectivity index (χ4v) is 6.40. The van der Waals surface area contributed by atoms with Crippen molar-refractivity contribution in [1.29, 1.82) is 0 Å². The molecule has 0 aliphatic heterocycles. The van der Waals surface area contributed by atoms with Crippen LogP contribution in [0.25, 0.3) is 0 Å². The SMILES string of the molecule is O=c1ssc(Cl)c1N(Cc1ccccc1)c1c(Cl)ssc1=O. The van der Waals surface area contributed by atoms with Crippen molar-refractivity contribution in [1.82, 2.24) is 0 Å². The summed E-state index contributed by atoms with van der Waals surface area (Å²) in [4.78, 5) is 25.9. The van der Waals surface area contributed by atoms with Crippen molar-refractivity contribution in [2.75, 3.05) is 4.90 Å². The van der Waals surface area contributed by atoms with Crippen LogP contribution >= 0.6 is 64.6 Å². The molecule has 3 aromatic rings.